The summed E-state index contributed by atoms with van der Waals surface area (Å²) in [4.78, 5) is 12.1. The Morgan fingerprint density at radius 2 is 1.58 bits per heavy atom. The number of carbonyl (C=O) groups is 1. The molecule has 1 rings (SSSR count). The second kappa shape index (κ2) is 10.8. The lowest BCUT2D eigenvalue weighted by atomic mass is 9.84. The molecule has 6 heteroatoms. The average Bonchev–Trinajstić information content (AvgIpc) is 2.52. The van der Waals surface area contributed by atoms with Gasteiger partial charge in [-0.1, -0.05) is 25.7 Å². The summed E-state index contributed by atoms with van der Waals surface area (Å²) < 4.78 is 29.6. The van der Waals surface area contributed by atoms with Gasteiger partial charge >= 0.3 is 10.1 Å². The molecule has 0 N–H and O–H groups in total. The van der Waals surface area contributed by atoms with Crippen molar-refractivity contribution >= 4 is 27.1 Å². The van der Waals surface area contributed by atoms with Gasteiger partial charge in [-0.15, -0.1) is 0 Å². The molecule has 1 saturated carbocycles. The highest BCUT2D eigenvalue weighted by Gasteiger charge is 2.35. The van der Waals surface area contributed by atoms with E-state index >= 15 is 0 Å². The van der Waals surface area contributed by atoms with Crippen molar-refractivity contribution in [3.05, 3.63) is 0 Å². The molecule has 0 radical (unpaired) electrons. The van der Waals surface area contributed by atoms with Crippen LogP contribution in [0.3, 0.4) is 0 Å². The molecule has 0 spiro atoms. The van der Waals surface area contributed by atoms with Gasteiger partial charge in [-0.2, -0.15) is 8.42 Å². The summed E-state index contributed by atoms with van der Waals surface area (Å²) in [6.45, 7) is 7.98. The van der Waals surface area contributed by atoms with Crippen LogP contribution in [0, 0.1) is 5.92 Å². The standard InChI is InChI=1S/C18H35O4S2/c1-15(2)23(16(3)4)22-24(20,21)14-10-6-9-13-18(19)17-11-7-5-8-12-17/h15-17H,5-14H2,1-4H3/q+1. The topological polar surface area (TPSA) is 60.4 Å². The maximum absolute atomic E-state index is 12.1. The molecule has 0 atom stereocenters. The molecule has 0 aromatic rings. The van der Waals surface area contributed by atoms with E-state index in [2.05, 4.69) is 0 Å². The first-order valence-electron chi connectivity index (χ1n) is 9.40. The maximum Gasteiger partial charge on any atom is 0.311 e. The van der Waals surface area contributed by atoms with Crippen molar-refractivity contribution < 1.29 is 16.8 Å². The van der Waals surface area contributed by atoms with Crippen molar-refractivity contribution in [3.63, 3.8) is 0 Å². The molecular weight excluding hydrogens is 344 g/mol. The fraction of sp³-hybridized carbons (Fsp3) is 0.944. The van der Waals surface area contributed by atoms with E-state index in [1.54, 1.807) is 0 Å². The fourth-order valence-electron chi connectivity index (χ4n) is 3.24. The quantitative estimate of drug-likeness (QED) is 0.394. The summed E-state index contributed by atoms with van der Waals surface area (Å²) in [6, 6.07) is 0. The van der Waals surface area contributed by atoms with Crippen molar-refractivity contribution in [2.24, 2.45) is 5.92 Å². The van der Waals surface area contributed by atoms with Gasteiger partial charge in [0, 0.05) is 12.3 Å². The van der Waals surface area contributed by atoms with Crippen LogP contribution in [-0.2, 0) is 29.7 Å². The van der Waals surface area contributed by atoms with Gasteiger partial charge < -0.3 is 0 Å². The SMILES string of the molecule is CC(C)[S+](OS(=O)(=O)CCCCCC(=O)C1CCCCC1)C(C)C. The number of rotatable bonds is 11. The summed E-state index contributed by atoms with van der Waals surface area (Å²) in [5.41, 5.74) is 0. The minimum Gasteiger partial charge on any atom is -0.299 e. The molecule has 24 heavy (non-hydrogen) atoms. The van der Waals surface area contributed by atoms with E-state index in [4.69, 9.17) is 3.63 Å². The highest BCUT2D eigenvalue weighted by molar-refractivity contribution is 8.03. The van der Waals surface area contributed by atoms with E-state index in [0.717, 1.165) is 25.7 Å². The molecule has 0 aliphatic heterocycles. The minimum absolute atomic E-state index is 0.0631. The van der Waals surface area contributed by atoms with E-state index in [1.807, 2.05) is 27.7 Å². The first-order chi connectivity index (χ1) is 11.2. The third-order valence-electron chi connectivity index (χ3n) is 4.49. The minimum atomic E-state index is -3.46. The van der Waals surface area contributed by atoms with Crippen LogP contribution in [0.2, 0.25) is 0 Å². The van der Waals surface area contributed by atoms with Crippen molar-refractivity contribution in [1.82, 2.24) is 0 Å². The molecule has 1 aliphatic carbocycles. The van der Waals surface area contributed by atoms with Crippen LogP contribution in [0.5, 0.6) is 0 Å². The van der Waals surface area contributed by atoms with Crippen molar-refractivity contribution in [2.45, 2.75) is 96.0 Å². The molecule has 1 aliphatic rings. The molecule has 0 saturated heterocycles. The Labute approximate surface area is 151 Å². The Morgan fingerprint density at radius 1 is 1.00 bits per heavy atom. The number of Topliss-reactive ketones (excluding diaryl/α,β-unsaturated/α-hetero) is 1. The molecular formula is C18H35O4S2+. The number of hydrogen-bond donors (Lipinski definition) is 0. The van der Waals surface area contributed by atoms with Gasteiger partial charge in [-0.25, -0.2) is 0 Å². The van der Waals surface area contributed by atoms with E-state index in [-0.39, 0.29) is 22.2 Å². The summed E-state index contributed by atoms with van der Waals surface area (Å²) in [6.07, 6.45) is 8.47. The van der Waals surface area contributed by atoms with Crippen LogP contribution in [0.4, 0.5) is 0 Å². The van der Waals surface area contributed by atoms with Crippen LogP contribution in [-0.4, -0.2) is 30.5 Å². The van der Waals surface area contributed by atoms with Gasteiger partial charge in [0.2, 0.25) is 0 Å². The molecule has 0 heterocycles. The first-order valence-corrected chi connectivity index (χ1v) is 12.3. The molecule has 1 fully saturated rings. The lowest BCUT2D eigenvalue weighted by molar-refractivity contribution is -0.123. The Hall–Kier alpha value is -0.0700. The second-order valence-corrected chi connectivity index (χ2v) is 12.0. The summed E-state index contributed by atoms with van der Waals surface area (Å²) >= 11 is -0.557. The summed E-state index contributed by atoms with van der Waals surface area (Å²) in [7, 11) is -3.46. The molecule has 142 valence electrons. The van der Waals surface area contributed by atoms with Gasteiger partial charge in [0.25, 0.3) is 0 Å². The van der Waals surface area contributed by atoms with Gasteiger partial charge in [0.05, 0.1) is 5.75 Å². The highest BCUT2D eigenvalue weighted by Crippen LogP contribution is 2.26. The number of carbonyl (C=O) groups excluding carboxylic acids is 1. The molecule has 0 aromatic carbocycles. The average molecular weight is 380 g/mol. The zero-order valence-corrected chi connectivity index (χ0v) is 17.4. The fourth-order valence-corrected chi connectivity index (χ4v) is 7.37. The Balaban J connectivity index is 2.24. The van der Waals surface area contributed by atoms with Crippen molar-refractivity contribution in [2.75, 3.05) is 5.75 Å². The Kier molecular flexibility index (Phi) is 9.90. The van der Waals surface area contributed by atoms with Gasteiger partial charge in [-0.05, 0) is 57.0 Å². The molecule has 0 amide bonds. The summed E-state index contributed by atoms with van der Waals surface area (Å²) in [5.74, 6) is 0.716. The lowest BCUT2D eigenvalue weighted by Crippen LogP contribution is -2.30. The Morgan fingerprint density at radius 3 is 2.12 bits per heavy atom. The van der Waals surface area contributed by atoms with Crippen molar-refractivity contribution in [3.8, 4) is 0 Å². The van der Waals surface area contributed by atoms with Gasteiger partial charge in [0.1, 0.15) is 16.3 Å². The van der Waals surface area contributed by atoms with E-state index in [9.17, 15) is 13.2 Å². The smallest absolute Gasteiger partial charge is 0.299 e. The van der Waals surface area contributed by atoms with E-state index in [0.29, 0.717) is 18.6 Å². The van der Waals surface area contributed by atoms with E-state index in [1.165, 1.54) is 19.3 Å². The third kappa shape index (κ3) is 8.34. The number of hydrogen-bond acceptors (Lipinski definition) is 4. The molecule has 0 bridgehead atoms. The van der Waals surface area contributed by atoms with Gasteiger partial charge in [0.15, 0.2) is 11.2 Å². The Bertz CT molecular complexity index is 457. The molecule has 4 nitrogen and oxygen atoms in total. The molecule has 0 unspecified atom stereocenters. The van der Waals surface area contributed by atoms with Crippen LogP contribution >= 0.6 is 0 Å². The lowest BCUT2D eigenvalue weighted by Gasteiger charge is -2.20. The number of unbranched alkanes of at least 4 members (excludes halogenated alkanes) is 2. The number of ketones is 1. The highest BCUT2D eigenvalue weighted by atomic mass is 32.3. The van der Waals surface area contributed by atoms with Crippen LogP contribution < -0.4 is 0 Å². The largest absolute Gasteiger partial charge is 0.311 e. The van der Waals surface area contributed by atoms with Crippen LogP contribution in [0.1, 0.15) is 85.5 Å². The van der Waals surface area contributed by atoms with Crippen LogP contribution in [0.25, 0.3) is 0 Å². The van der Waals surface area contributed by atoms with E-state index < -0.39 is 21.3 Å². The van der Waals surface area contributed by atoms with Crippen LogP contribution in [0.15, 0.2) is 0 Å². The zero-order chi connectivity index (χ0) is 18.2. The normalized spacial score (nSPS) is 17.1. The zero-order valence-electron chi connectivity index (χ0n) is 15.8. The van der Waals surface area contributed by atoms with Gasteiger partial charge in [-0.3, -0.25) is 4.79 Å². The summed E-state index contributed by atoms with van der Waals surface area (Å²) in [5, 5.41) is 0.403. The molecule has 0 aromatic heterocycles. The second-order valence-electron chi connectivity index (χ2n) is 7.37. The monoisotopic (exact) mass is 379 g/mol. The predicted octanol–water partition coefficient (Wildman–Crippen LogP) is 4.39. The predicted molar refractivity (Wildman–Crippen MR) is 103 cm³/mol. The maximum atomic E-state index is 12.1. The third-order valence-corrected chi connectivity index (χ3v) is 8.59. The first kappa shape index (κ1) is 22.0. The van der Waals surface area contributed by atoms with Crippen molar-refractivity contribution in [1.29, 1.82) is 0 Å².